The highest BCUT2D eigenvalue weighted by Gasteiger charge is 2.32. The second-order valence-electron chi connectivity index (χ2n) is 5.30. The Kier molecular flexibility index (Phi) is 4.25. The Hall–Kier alpha value is -1.06. The topological polar surface area (TPSA) is 24.5 Å². The molecule has 2 rings (SSSR count). The Morgan fingerprint density at radius 1 is 1.33 bits per heavy atom. The zero-order chi connectivity index (χ0) is 13.0. The molecular weight excluding hydrogens is 224 g/mol. The lowest BCUT2D eigenvalue weighted by Gasteiger charge is -2.45. The molecule has 0 saturated carbocycles. The predicted octanol–water partition coefficient (Wildman–Crippen LogP) is 2.27. The lowest BCUT2D eigenvalue weighted by Crippen LogP contribution is -2.58. The molecule has 1 unspecified atom stereocenters. The van der Waals surface area contributed by atoms with Crippen molar-refractivity contribution in [3.05, 3.63) is 29.8 Å². The maximum absolute atomic E-state index is 5.20. The molecule has 0 amide bonds. The van der Waals surface area contributed by atoms with Crippen LogP contribution in [0.3, 0.4) is 0 Å². The molecule has 0 bridgehead atoms. The molecule has 1 aromatic carbocycles. The predicted molar refractivity (Wildman–Crippen MR) is 75.0 cm³/mol. The van der Waals surface area contributed by atoms with Crippen molar-refractivity contribution >= 4 is 0 Å². The zero-order valence-electron chi connectivity index (χ0n) is 11.7. The summed E-state index contributed by atoms with van der Waals surface area (Å²) in [4.78, 5) is 2.59. The summed E-state index contributed by atoms with van der Waals surface area (Å²) < 4.78 is 5.20. The SMILES string of the molecule is CCC1(C)CNCCN1Cc1ccc(OC)cc1. The Bertz CT molecular complexity index is 377. The molecule has 1 saturated heterocycles. The third-order valence-corrected chi connectivity index (χ3v) is 4.12. The van der Waals surface area contributed by atoms with Gasteiger partial charge >= 0.3 is 0 Å². The van der Waals surface area contributed by atoms with Gasteiger partial charge in [0.25, 0.3) is 0 Å². The van der Waals surface area contributed by atoms with Gasteiger partial charge in [-0.2, -0.15) is 0 Å². The fourth-order valence-corrected chi connectivity index (χ4v) is 2.52. The summed E-state index contributed by atoms with van der Waals surface area (Å²) in [5.74, 6) is 0.928. The molecule has 0 spiro atoms. The first kappa shape index (κ1) is 13.4. The van der Waals surface area contributed by atoms with Crippen LogP contribution in [0.1, 0.15) is 25.8 Å². The van der Waals surface area contributed by atoms with Crippen molar-refractivity contribution in [2.75, 3.05) is 26.7 Å². The minimum absolute atomic E-state index is 0.276. The maximum Gasteiger partial charge on any atom is 0.118 e. The van der Waals surface area contributed by atoms with Crippen LogP contribution in [0.25, 0.3) is 0 Å². The van der Waals surface area contributed by atoms with Gasteiger partial charge in [0.15, 0.2) is 0 Å². The fourth-order valence-electron chi connectivity index (χ4n) is 2.52. The highest BCUT2D eigenvalue weighted by molar-refractivity contribution is 5.27. The van der Waals surface area contributed by atoms with Crippen LogP contribution in [-0.4, -0.2) is 37.2 Å². The smallest absolute Gasteiger partial charge is 0.118 e. The third-order valence-electron chi connectivity index (χ3n) is 4.12. The van der Waals surface area contributed by atoms with Crippen LogP contribution in [0.5, 0.6) is 5.75 Å². The quantitative estimate of drug-likeness (QED) is 0.884. The highest BCUT2D eigenvalue weighted by Crippen LogP contribution is 2.24. The van der Waals surface area contributed by atoms with Crippen LogP contribution < -0.4 is 10.1 Å². The van der Waals surface area contributed by atoms with Gasteiger partial charge in [-0.05, 0) is 31.0 Å². The lowest BCUT2D eigenvalue weighted by molar-refractivity contribution is 0.0637. The van der Waals surface area contributed by atoms with Crippen LogP contribution >= 0.6 is 0 Å². The molecule has 1 fully saturated rings. The van der Waals surface area contributed by atoms with Crippen LogP contribution in [0.15, 0.2) is 24.3 Å². The Morgan fingerprint density at radius 2 is 2.06 bits per heavy atom. The minimum Gasteiger partial charge on any atom is -0.497 e. The molecule has 3 nitrogen and oxygen atoms in total. The van der Waals surface area contributed by atoms with E-state index in [0.29, 0.717) is 0 Å². The first-order valence-electron chi connectivity index (χ1n) is 6.76. The second kappa shape index (κ2) is 5.72. The number of rotatable bonds is 4. The van der Waals surface area contributed by atoms with E-state index in [2.05, 4.69) is 36.2 Å². The van der Waals surface area contributed by atoms with E-state index in [1.54, 1.807) is 7.11 Å². The van der Waals surface area contributed by atoms with Crippen molar-refractivity contribution < 1.29 is 4.74 Å². The van der Waals surface area contributed by atoms with Gasteiger partial charge in [0.2, 0.25) is 0 Å². The van der Waals surface area contributed by atoms with Crippen molar-refractivity contribution in [1.82, 2.24) is 10.2 Å². The van der Waals surface area contributed by atoms with Gasteiger partial charge in [-0.15, -0.1) is 0 Å². The number of benzene rings is 1. The van der Waals surface area contributed by atoms with E-state index in [-0.39, 0.29) is 5.54 Å². The summed E-state index contributed by atoms with van der Waals surface area (Å²) in [5, 5.41) is 3.50. The van der Waals surface area contributed by atoms with Crippen LogP contribution in [0, 0.1) is 0 Å². The molecule has 0 radical (unpaired) electrons. The number of methoxy groups -OCH3 is 1. The van der Waals surface area contributed by atoms with Crippen molar-refractivity contribution in [3.63, 3.8) is 0 Å². The summed E-state index contributed by atoms with van der Waals surface area (Å²) in [7, 11) is 1.71. The molecule has 0 aromatic heterocycles. The maximum atomic E-state index is 5.20. The molecule has 1 heterocycles. The van der Waals surface area contributed by atoms with Crippen molar-refractivity contribution in [1.29, 1.82) is 0 Å². The number of nitrogens with zero attached hydrogens (tertiary/aromatic N) is 1. The van der Waals surface area contributed by atoms with Crippen molar-refractivity contribution in [2.24, 2.45) is 0 Å². The standard InChI is InChI=1S/C15H24N2O/c1-4-15(2)12-16-9-10-17(15)11-13-5-7-14(18-3)8-6-13/h5-8,16H,4,9-12H2,1-3H3. The number of piperazine rings is 1. The monoisotopic (exact) mass is 248 g/mol. The molecule has 1 aromatic rings. The Balaban J connectivity index is 2.06. The zero-order valence-corrected chi connectivity index (χ0v) is 11.7. The van der Waals surface area contributed by atoms with E-state index in [1.165, 1.54) is 12.0 Å². The first-order valence-corrected chi connectivity index (χ1v) is 6.76. The van der Waals surface area contributed by atoms with E-state index < -0.39 is 0 Å². The number of ether oxygens (including phenoxy) is 1. The molecule has 0 aliphatic carbocycles. The van der Waals surface area contributed by atoms with Gasteiger partial charge in [-0.1, -0.05) is 19.1 Å². The summed E-state index contributed by atoms with van der Waals surface area (Å²) in [6.45, 7) is 8.94. The van der Waals surface area contributed by atoms with Crippen LogP contribution in [0.2, 0.25) is 0 Å². The summed E-state index contributed by atoms with van der Waals surface area (Å²) >= 11 is 0. The van der Waals surface area contributed by atoms with Gasteiger partial charge in [0, 0.05) is 31.7 Å². The molecular formula is C15H24N2O. The second-order valence-corrected chi connectivity index (χ2v) is 5.30. The van der Waals surface area contributed by atoms with Crippen LogP contribution in [0.4, 0.5) is 0 Å². The van der Waals surface area contributed by atoms with E-state index >= 15 is 0 Å². The number of nitrogens with one attached hydrogen (secondary N) is 1. The summed E-state index contributed by atoms with van der Waals surface area (Å²) in [6, 6.07) is 8.41. The molecule has 1 atom stereocenters. The lowest BCUT2D eigenvalue weighted by atomic mass is 9.93. The van der Waals surface area contributed by atoms with Gasteiger partial charge in [0.1, 0.15) is 5.75 Å². The first-order chi connectivity index (χ1) is 8.68. The molecule has 1 aliphatic rings. The van der Waals surface area contributed by atoms with Crippen molar-refractivity contribution in [2.45, 2.75) is 32.4 Å². The Morgan fingerprint density at radius 3 is 2.67 bits per heavy atom. The van der Waals surface area contributed by atoms with Crippen molar-refractivity contribution in [3.8, 4) is 5.75 Å². The molecule has 1 N–H and O–H groups in total. The van der Waals surface area contributed by atoms with Gasteiger partial charge in [0.05, 0.1) is 7.11 Å². The summed E-state index contributed by atoms with van der Waals surface area (Å²) in [6.07, 6.45) is 1.18. The normalized spacial score (nSPS) is 25.1. The molecule has 3 heteroatoms. The van der Waals surface area contributed by atoms with Gasteiger partial charge in [-0.25, -0.2) is 0 Å². The molecule has 100 valence electrons. The fraction of sp³-hybridized carbons (Fsp3) is 0.600. The number of hydrogen-bond acceptors (Lipinski definition) is 3. The molecule has 1 aliphatic heterocycles. The molecule has 18 heavy (non-hydrogen) atoms. The average molecular weight is 248 g/mol. The minimum atomic E-state index is 0.276. The highest BCUT2D eigenvalue weighted by atomic mass is 16.5. The van der Waals surface area contributed by atoms with E-state index in [9.17, 15) is 0 Å². The van der Waals surface area contributed by atoms with Gasteiger partial charge in [-0.3, -0.25) is 4.90 Å². The largest absolute Gasteiger partial charge is 0.497 e. The Labute approximate surface area is 110 Å². The van der Waals surface area contributed by atoms with E-state index in [4.69, 9.17) is 4.74 Å². The van der Waals surface area contributed by atoms with E-state index in [0.717, 1.165) is 31.9 Å². The van der Waals surface area contributed by atoms with E-state index in [1.807, 2.05) is 12.1 Å². The third kappa shape index (κ3) is 2.85. The van der Waals surface area contributed by atoms with Crippen LogP contribution in [-0.2, 0) is 6.54 Å². The number of hydrogen-bond donors (Lipinski definition) is 1. The summed E-state index contributed by atoms with van der Waals surface area (Å²) in [5.41, 5.74) is 1.63. The average Bonchev–Trinajstić information content (AvgIpc) is 2.42. The van der Waals surface area contributed by atoms with Gasteiger partial charge < -0.3 is 10.1 Å².